The third-order valence-electron chi connectivity index (χ3n) is 6.19. The zero-order valence-corrected chi connectivity index (χ0v) is 20.2. The maximum atomic E-state index is 14.2. The van der Waals surface area contributed by atoms with E-state index in [-0.39, 0.29) is 12.1 Å². The second kappa shape index (κ2) is 11.7. The molecule has 4 rings (SSSR count). The van der Waals surface area contributed by atoms with Gasteiger partial charge in [-0.05, 0) is 62.8 Å². The molecule has 0 radical (unpaired) electrons. The van der Waals surface area contributed by atoms with Crippen molar-refractivity contribution in [3.05, 3.63) is 59.9 Å². The second-order valence-electron chi connectivity index (χ2n) is 8.89. The smallest absolute Gasteiger partial charge is 0.254 e. The first-order valence-electron chi connectivity index (χ1n) is 12.0. The Morgan fingerprint density at radius 3 is 2.58 bits per heavy atom. The summed E-state index contributed by atoms with van der Waals surface area (Å²) in [5, 5.41) is 2.26. The van der Waals surface area contributed by atoms with Crippen LogP contribution in [-0.2, 0) is 4.79 Å². The monoisotopic (exact) mass is 495 g/mol. The largest absolute Gasteiger partial charge is 0.493 e. The highest BCUT2D eigenvalue weighted by Crippen LogP contribution is 2.26. The van der Waals surface area contributed by atoms with Crippen molar-refractivity contribution in [1.29, 1.82) is 0 Å². The molecule has 1 aliphatic heterocycles. The van der Waals surface area contributed by atoms with Gasteiger partial charge in [0.05, 0.1) is 24.3 Å². The van der Waals surface area contributed by atoms with Gasteiger partial charge in [0.25, 0.3) is 5.91 Å². The van der Waals surface area contributed by atoms with Gasteiger partial charge in [0.15, 0.2) is 0 Å². The molecule has 1 aromatic carbocycles. The number of ether oxygens (including phenoxy) is 1. The summed E-state index contributed by atoms with van der Waals surface area (Å²) in [6.07, 6.45) is 7.56. The maximum absolute atomic E-state index is 14.2. The van der Waals surface area contributed by atoms with Crippen molar-refractivity contribution in [2.45, 2.75) is 32.6 Å². The number of aromatic nitrogens is 2. The van der Waals surface area contributed by atoms with Crippen molar-refractivity contribution in [2.75, 3.05) is 31.1 Å². The lowest BCUT2D eigenvalue weighted by Crippen LogP contribution is -2.34. The maximum Gasteiger partial charge on any atom is 0.254 e. The van der Waals surface area contributed by atoms with E-state index in [9.17, 15) is 14.0 Å². The van der Waals surface area contributed by atoms with Crippen molar-refractivity contribution in [2.24, 2.45) is 11.7 Å². The first-order valence-corrected chi connectivity index (χ1v) is 12.0. The van der Waals surface area contributed by atoms with E-state index in [0.717, 1.165) is 61.8 Å². The van der Waals surface area contributed by atoms with Crippen molar-refractivity contribution >= 4 is 17.8 Å². The molecule has 3 heterocycles. The predicted molar refractivity (Wildman–Crippen MR) is 132 cm³/mol. The number of nitrogens with one attached hydrogen (secondary N) is 1. The Hall–Kier alpha value is -3.95. The molecule has 0 bridgehead atoms. The van der Waals surface area contributed by atoms with E-state index in [1.165, 1.54) is 12.1 Å². The summed E-state index contributed by atoms with van der Waals surface area (Å²) in [4.78, 5) is 33.9. The van der Waals surface area contributed by atoms with E-state index in [1.54, 1.807) is 18.5 Å². The summed E-state index contributed by atoms with van der Waals surface area (Å²) in [7, 11) is 0. The number of aryl methyl sites for hydroxylation is 1. The number of piperidine rings is 1. The fourth-order valence-electron chi connectivity index (χ4n) is 4.22. The highest BCUT2D eigenvalue weighted by atomic mass is 19.1. The molecule has 3 N–H and O–H groups in total. The van der Waals surface area contributed by atoms with Crippen LogP contribution in [0.5, 0.6) is 5.75 Å². The van der Waals surface area contributed by atoms with E-state index in [0.29, 0.717) is 18.3 Å². The molecule has 36 heavy (non-hydrogen) atoms. The predicted octanol–water partition coefficient (Wildman–Crippen LogP) is 3.47. The van der Waals surface area contributed by atoms with E-state index in [4.69, 9.17) is 14.9 Å². The number of nitrogens with zero attached hydrogens (tertiary/aromatic N) is 3. The van der Waals surface area contributed by atoms with E-state index >= 15 is 0 Å². The molecule has 1 fully saturated rings. The molecule has 2 aromatic heterocycles. The number of furan rings is 1. The Balaban J connectivity index is 1.17. The number of carbonyl (C=O) groups excluding carboxylic acids is 2. The van der Waals surface area contributed by atoms with Crippen LogP contribution in [0.2, 0.25) is 0 Å². The highest BCUT2D eigenvalue weighted by molar-refractivity contribution is 5.96. The molecule has 1 saturated heterocycles. The van der Waals surface area contributed by atoms with Gasteiger partial charge in [-0.2, -0.15) is 0 Å². The number of anilines is 1. The molecule has 1 aliphatic rings. The second-order valence-corrected chi connectivity index (χ2v) is 8.89. The topological polar surface area (TPSA) is 124 Å². The van der Waals surface area contributed by atoms with Crippen molar-refractivity contribution < 1.29 is 23.1 Å². The minimum atomic E-state index is -0.712. The highest BCUT2D eigenvalue weighted by Gasteiger charge is 2.21. The van der Waals surface area contributed by atoms with Gasteiger partial charge in [-0.3, -0.25) is 9.59 Å². The van der Waals surface area contributed by atoms with Crippen LogP contribution in [0, 0.1) is 18.7 Å². The average molecular weight is 496 g/mol. The van der Waals surface area contributed by atoms with Gasteiger partial charge in [0, 0.05) is 31.5 Å². The molecular formula is C26H30FN5O4. The lowest BCUT2D eigenvalue weighted by molar-refractivity contribution is -0.117. The molecular weight excluding hydrogens is 465 g/mol. The summed E-state index contributed by atoms with van der Waals surface area (Å²) < 4.78 is 25.5. The molecule has 0 unspecified atom stereocenters. The van der Waals surface area contributed by atoms with Crippen LogP contribution in [-0.4, -0.2) is 48.0 Å². The molecule has 190 valence electrons. The number of hydrogen-bond donors (Lipinski definition) is 2. The van der Waals surface area contributed by atoms with Crippen LogP contribution in [0.15, 0.2) is 47.1 Å². The van der Waals surface area contributed by atoms with E-state index < -0.39 is 17.6 Å². The van der Waals surface area contributed by atoms with Crippen molar-refractivity contribution in [3.63, 3.8) is 0 Å². The minimum Gasteiger partial charge on any atom is -0.493 e. The lowest BCUT2D eigenvalue weighted by Gasteiger charge is -2.32. The average Bonchev–Trinajstić information content (AvgIpc) is 3.32. The van der Waals surface area contributed by atoms with Crippen LogP contribution in [0.3, 0.4) is 0 Å². The van der Waals surface area contributed by atoms with Crippen molar-refractivity contribution in [3.8, 4) is 17.1 Å². The van der Waals surface area contributed by atoms with Crippen LogP contribution >= 0.6 is 0 Å². The Bertz CT molecular complexity index is 1190. The molecule has 2 amide bonds. The van der Waals surface area contributed by atoms with Gasteiger partial charge >= 0.3 is 0 Å². The molecule has 0 spiro atoms. The van der Waals surface area contributed by atoms with Crippen LogP contribution in [0.25, 0.3) is 11.3 Å². The normalized spacial score (nSPS) is 14.0. The van der Waals surface area contributed by atoms with Gasteiger partial charge in [0.1, 0.15) is 23.1 Å². The van der Waals surface area contributed by atoms with Gasteiger partial charge in [-0.25, -0.2) is 14.4 Å². The zero-order valence-electron chi connectivity index (χ0n) is 20.2. The molecule has 10 heteroatoms. The number of primary amides is 1. The Labute approximate surface area is 208 Å². The third-order valence-corrected chi connectivity index (χ3v) is 6.19. The summed E-state index contributed by atoms with van der Waals surface area (Å²) in [5.74, 6) is 1.20. The molecule has 0 atom stereocenters. The van der Waals surface area contributed by atoms with Gasteiger partial charge < -0.3 is 25.1 Å². The number of benzene rings is 1. The zero-order chi connectivity index (χ0) is 25.5. The number of rotatable bonds is 10. The minimum absolute atomic E-state index is 0.162. The van der Waals surface area contributed by atoms with E-state index in [1.807, 2.05) is 19.1 Å². The molecule has 0 saturated carbocycles. The number of amides is 2. The van der Waals surface area contributed by atoms with Crippen LogP contribution < -0.4 is 20.7 Å². The quantitative estimate of drug-likeness (QED) is 0.413. The number of hydrogen-bond acceptors (Lipinski definition) is 7. The Morgan fingerprint density at radius 2 is 1.94 bits per heavy atom. The SMILES string of the molecule is Cc1ccc(-c2cnc(N3CCC(CCCOc4ccc(C(=O)NCC(N)=O)c(F)c4)CC3)nc2)o1. The lowest BCUT2D eigenvalue weighted by atomic mass is 9.92. The first-order chi connectivity index (χ1) is 17.4. The molecule has 0 aliphatic carbocycles. The number of carbonyl (C=O) groups is 2. The first kappa shape index (κ1) is 25.2. The summed E-state index contributed by atoms with van der Waals surface area (Å²) in [5.41, 5.74) is 5.68. The third kappa shape index (κ3) is 6.59. The van der Waals surface area contributed by atoms with Crippen LogP contribution in [0.1, 0.15) is 41.8 Å². The standard InChI is InChI=1S/C26H30FN5O4/c1-17-4-7-23(36-17)19-14-30-26(31-15-19)32-10-8-18(9-11-32)3-2-12-35-20-5-6-21(22(27)13-20)25(34)29-16-24(28)33/h4-7,13-15,18H,2-3,8-12,16H2,1H3,(H2,28,33)(H,29,34). The Morgan fingerprint density at radius 1 is 1.19 bits per heavy atom. The van der Waals surface area contributed by atoms with Gasteiger partial charge in [0.2, 0.25) is 11.9 Å². The van der Waals surface area contributed by atoms with Gasteiger partial charge in [-0.1, -0.05) is 0 Å². The molecule has 3 aromatic rings. The summed E-state index contributed by atoms with van der Waals surface area (Å²) >= 11 is 0. The fraction of sp³-hybridized carbons (Fsp3) is 0.385. The fourth-order valence-corrected chi connectivity index (χ4v) is 4.22. The summed E-state index contributed by atoms with van der Waals surface area (Å²) in [6, 6.07) is 7.89. The van der Waals surface area contributed by atoms with Crippen LogP contribution in [0.4, 0.5) is 10.3 Å². The summed E-state index contributed by atoms with van der Waals surface area (Å²) in [6.45, 7) is 3.82. The number of halogens is 1. The molecule has 9 nitrogen and oxygen atoms in total. The number of nitrogens with two attached hydrogens (primary N) is 1. The van der Waals surface area contributed by atoms with E-state index in [2.05, 4.69) is 20.2 Å². The van der Waals surface area contributed by atoms with Gasteiger partial charge in [-0.15, -0.1) is 0 Å². The Kier molecular flexibility index (Phi) is 8.14. The van der Waals surface area contributed by atoms with Crippen molar-refractivity contribution in [1.82, 2.24) is 15.3 Å².